The minimum Gasteiger partial charge on any atom is -0.437 e. The van der Waals surface area contributed by atoms with Gasteiger partial charge in [-0.25, -0.2) is 4.79 Å². The van der Waals surface area contributed by atoms with Crippen LogP contribution in [-0.4, -0.2) is 13.3 Å². The molecule has 0 spiro atoms. The van der Waals surface area contributed by atoms with Crippen LogP contribution in [0.25, 0.3) is 10.1 Å². The van der Waals surface area contributed by atoms with Crippen molar-refractivity contribution in [2.24, 2.45) is 0 Å². The summed E-state index contributed by atoms with van der Waals surface area (Å²) in [6, 6.07) is 9.05. The summed E-state index contributed by atoms with van der Waals surface area (Å²) in [7, 11) is 1.25. The number of ether oxygens (including phenoxy) is 2. The van der Waals surface area contributed by atoms with Crippen LogP contribution in [0.4, 0.5) is 4.79 Å². The van der Waals surface area contributed by atoms with Crippen molar-refractivity contribution in [2.75, 3.05) is 7.11 Å². The lowest BCUT2D eigenvalue weighted by atomic mass is 10.2. The number of methoxy groups -OCH3 is 1. The Kier molecular flexibility index (Phi) is 2.75. The standard InChI is InChI=1S/C11H7NO3S/c1-14-11(13)15-10-5-8-4-7(6-12)2-3-9(8)16-10/h2-5H,1H3. The molecule has 2 aromatic rings. The molecule has 0 fully saturated rings. The van der Waals surface area contributed by atoms with Crippen LogP contribution in [0.5, 0.6) is 5.06 Å². The SMILES string of the molecule is COC(=O)Oc1cc2cc(C#N)ccc2s1. The minimum absolute atomic E-state index is 0.455. The first-order chi connectivity index (χ1) is 7.72. The molecule has 0 N–H and O–H groups in total. The van der Waals surface area contributed by atoms with Gasteiger partial charge in [0.2, 0.25) is 0 Å². The van der Waals surface area contributed by atoms with Crippen LogP contribution in [0.15, 0.2) is 24.3 Å². The maximum atomic E-state index is 10.9. The summed E-state index contributed by atoms with van der Waals surface area (Å²) in [6.07, 6.45) is -0.743. The summed E-state index contributed by atoms with van der Waals surface area (Å²) in [5.74, 6) is 0. The predicted molar refractivity (Wildman–Crippen MR) is 59.6 cm³/mol. The molecule has 0 amide bonds. The summed E-state index contributed by atoms with van der Waals surface area (Å²) in [6.45, 7) is 0. The molecule has 0 aliphatic carbocycles. The van der Waals surface area contributed by atoms with Crippen LogP contribution in [0.2, 0.25) is 0 Å². The number of thiophene rings is 1. The molecular formula is C11H7NO3S. The van der Waals surface area contributed by atoms with Crippen molar-refractivity contribution in [1.29, 1.82) is 5.26 Å². The molecule has 1 aromatic heterocycles. The second kappa shape index (κ2) is 4.21. The summed E-state index contributed by atoms with van der Waals surface area (Å²) in [5, 5.41) is 10.1. The van der Waals surface area contributed by atoms with Gasteiger partial charge in [0, 0.05) is 10.8 Å². The highest BCUT2D eigenvalue weighted by Gasteiger charge is 2.08. The van der Waals surface area contributed by atoms with Gasteiger partial charge in [-0.3, -0.25) is 0 Å². The van der Waals surface area contributed by atoms with Crippen LogP contribution >= 0.6 is 11.3 Å². The van der Waals surface area contributed by atoms with Crippen LogP contribution in [0, 0.1) is 11.3 Å². The van der Waals surface area contributed by atoms with E-state index in [0.29, 0.717) is 10.6 Å². The molecule has 0 radical (unpaired) electrons. The number of hydrogen-bond acceptors (Lipinski definition) is 5. The topological polar surface area (TPSA) is 59.3 Å². The molecule has 16 heavy (non-hydrogen) atoms. The fourth-order valence-electron chi connectivity index (χ4n) is 1.26. The lowest BCUT2D eigenvalue weighted by Crippen LogP contribution is -2.05. The molecule has 4 nitrogen and oxygen atoms in total. The van der Waals surface area contributed by atoms with Gasteiger partial charge in [-0.2, -0.15) is 5.26 Å². The molecule has 0 aliphatic rings. The van der Waals surface area contributed by atoms with Crippen LogP contribution in [0.1, 0.15) is 5.56 Å². The first-order valence-electron chi connectivity index (χ1n) is 4.42. The highest BCUT2D eigenvalue weighted by atomic mass is 32.1. The van der Waals surface area contributed by atoms with E-state index in [-0.39, 0.29) is 0 Å². The summed E-state index contributed by atoms with van der Waals surface area (Å²) in [4.78, 5) is 10.9. The van der Waals surface area contributed by atoms with Gasteiger partial charge >= 0.3 is 6.16 Å². The highest BCUT2D eigenvalue weighted by Crippen LogP contribution is 2.32. The number of benzene rings is 1. The first kappa shape index (κ1) is 10.5. The molecule has 0 atom stereocenters. The first-order valence-corrected chi connectivity index (χ1v) is 5.24. The number of fused-ring (bicyclic) bond motifs is 1. The minimum atomic E-state index is -0.743. The zero-order valence-corrected chi connectivity index (χ0v) is 9.21. The van der Waals surface area contributed by atoms with Crippen molar-refractivity contribution in [3.63, 3.8) is 0 Å². The van der Waals surface area contributed by atoms with Gasteiger partial charge in [0.15, 0.2) is 5.06 Å². The maximum absolute atomic E-state index is 10.9. The van der Waals surface area contributed by atoms with Gasteiger partial charge in [0.25, 0.3) is 0 Å². The van der Waals surface area contributed by atoms with Crippen LogP contribution < -0.4 is 4.74 Å². The highest BCUT2D eigenvalue weighted by molar-refractivity contribution is 7.20. The van der Waals surface area contributed by atoms with Gasteiger partial charge in [-0.15, -0.1) is 0 Å². The average molecular weight is 233 g/mol. The Morgan fingerprint density at radius 2 is 2.25 bits per heavy atom. The Bertz CT molecular complexity index is 582. The third-order valence-corrected chi connectivity index (χ3v) is 2.97. The van der Waals surface area contributed by atoms with E-state index >= 15 is 0 Å². The molecule has 0 aliphatic heterocycles. The Morgan fingerprint density at radius 3 is 2.94 bits per heavy atom. The van der Waals surface area contributed by atoms with Crippen LogP contribution in [-0.2, 0) is 4.74 Å². The van der Waals surface area contributed by atoms with E-state index in [2.05, 4.69) is 10.8 Å². The van der Waals surface area contributed by atoms with E-state index in [1.54, 1.807) is 18.2 Å². The van der Waals surface area contributed by atoms with Crippen molar-refractivity contribution in [3.05, 3.63) is 29.8 Å². The van der Waals surface area contributed by atoms with E-state index in [9.17, 15) is 4.79 Å². The van der Waals surface area contributed by atoms with Crippen molar-refractivity contribution in [2.45, 2.75) is 0 Å². The van der Waals surface area contributed by atoms with E-state index < -0.39 is 6.16 Å². The maximum Gasteiger partial charge on any atom is 0.514 e. The predicted octanol–water partition coefficient (Wildman–Crippen LogP) is 2.92. The second-order valence-corrected chi connectivity index (χ2v) is 4.03. The number of hydrogen-bond donors (Lipinski definition) is 0. The molecule has 0 saturated carbocycles. The molecule has 0 unspecified atom stereocenters. The van der Waals surface area contributed by atoms with E-state index in [4.69, 9.17) is 10.00 Å². The molecule has 5 heteroatoms. The number of nitrogens with zero attached hydrogens (tertiary/aromatic N) is 1. The smallest absolute Gasteiger partial charge is 0.437 e. The fraction of sp³-hybridized carbons (Fsp3) is 0.0909. The fourth-order valence-corrected chi connectivity index (χ4v) is 2.15. The van der Waals surface area contributed by atoms with Gasteiger partial charge in [-0.1, -0.05) is 11.3 Å². The quantitative estimate of drug-likeness (QED) is 0.710. The van der Waals surface area contributed by atoms with Gasteiger partial charge in [0.1, 0.15) is 0 Å². The molecule has 1 aromatic carbocycles. The molecule has 0 saturated heterocycles. The molecular weight excluding hydrogens is 226 g/mol. The summed E-state index contributed by atoms with van der Waals surface area (Å²) < 4.78 is 10.2. The Hall–Kier alpha value is -2.06. The normalized spacial score (nSPS) is 9.75. The Morgan fingerprint density at radius 1 is 1.44 bits per heavy atom. The summed E-state index contributed by atoms with van der Waals surface area (Å²) in [5.41, 5.74) is 0.579. The van der Waals surface area contributed by atoms with Crippen molar-refractivity contribution < 1.29 is 14.3 Å². The largest absolute Gasteiger partial charge is 0.514 e. The Labute approximate surface area is 95.6 Å². The van der Waals surface area contributed by atoms with Crippen molar-refractivity contribution in [1.82, 2.24) is 0 Å². The van der Waals surface area contributed by atoms with Gasteiger partial charge in [0.05, 0.1) is 18.7 Å². The number of nitriles is 1. The molecule has 80 valence electrons. The average Bonchev–Trinajstić information content (AvgIpc) is 2.69. The molecule has 0 bridgehead atoms. The third kappa shape index (κ3) is 1.97. The van der Waals surface area contributed by atoms with Crippen LogP contribution in [0.3, 0.4) is 0 Å². The lowest BCUT2D eigenvalue weighted by molar-refractivity contribution is 0.123. The zero-order chi connectivity index (χ0) is 11.5. The monoisotopic (exact) mass is 233 g/mol. The van der Waals surface area contributed by atoms with Gasteiger partial charge in [-0.05, 0) is 23.6 Å². The third-order valence-electron chi connectivity index (χ3n) is 1.97. The Balaban J connectivity index is 2.37. The second-order valence-electron chi connectivity index (χ2n) is 2.99. The van der Waals surface area contributed by atoms with Crippen molar-refractivity contribution >= 4 is 27.6 Å². The van der Waals surface area contributed by atoms with Crippen molar-refractivity contribution in [3.8, 4) is 11.1 Å². The molecule has 2 rings (SSSR count). The molecule has 1 heterocycles. The number of rotatable bonds is 1. The number of carbonyl (C=O) groups excluding carboxylic acids is 1. The van der Waals surface area contributed by atoms with E-state index in [1.807, 2.05) is 6.07 Å². The number of carbonyl (C=O) groups is 1. The summed E-state index contributed by atoms with van der Waals surface area (Å²) >= 11 is 1.33. The van der Waals surface area contributed by atoms with E-state index in [0.717, 1.165) is 10.1 Å². The zero-order valence-electron chi connectivity index (χ0n) is 8.39. The lowest BCUT2D eigenvalue weighted by Gasteiger charge is -1.96. The van der Waals surface area contributed by atoms with E-state index in [1.165, 1.54) is 18.4 Å². The van der Waals surface area contributed by atoms with Gasteiger partial charge < -0.3 is 9.47 Å².